The molecule has 0 saturated carbocycles. The van der Waals surface area contributed by atoms with Crippen LogP contribution in [0.5, 0.6) is 0 Å². The van der Waals surface area contributed by atoms with Gasteiger partial charge in [0.15, 0.2) is 0 Å². The van der Waals surface area contributed by atoms with Gasteiger partial charge in [-0.3, -0.25) is 4.90 Å². The normalized spacial score (nSPS) is 33.8. The van der Waals surface area contributed by atoms with Crippen LogP contribution in [0.15, 0.2) is 0 Å². The molecule has 2 fully saturated rings. The Hall–Kier alpha value is -0.120. The van der Waals surface area contributed by atoms with E-state index in [4.69, 9.17) is 4.74 Å². The van der Waals surface area contributed by atoms with Gasteiger partial charge in [0.1, 0.15) is 0 Å². The first-order chi connectivity index (χ1) is 7.25. The molecule has 2 heterocycles. The first kappa shape index (κ1) is 11.4. The number of hydrogen-bond acceptors (Lipinski definition) is 3. The summed E-state index contributed by atoms with van der Waals surface area (Å²) in [4.78, 5) is 2.62. The lowest BCUT2D eigenvalue weighted by molar-refractivity contribution is 0.111. The standard InChI is InChI=1S/C12H24N2O/c1-10(2)13-11-4-3-6-14(8-11)12-5-7-15-9-12/h10-13H,3-9H2,1-2H3. The molecule has 0 aliphatic carbocycles. The summed E-state index contributed by atoms with van der Waals surface area (Å²) in [5, 5.41) is 3.65. The molecule has 2 saturated heterocycles. The van der Waals surface area contributed by atoms with Crippen molar-refractivity contribution in [2.24, 2.45) is 0 Å². The Bertz CT molecular complexity index is 190. The van der Waals surface area contributed by atoms with E-state index in [2.05, 4.69) is 24.1 Å². The number of nitrogens with one attached hydrogen (secondary N) is 1. The molecule has 2 rings (SSSR count). The summed E-state index contributed by atoms with van der Waals surface area (Å²) in [5.41, 5.74) is 0. The van der Waals surface area contributed by atoms with Crippen molar-refractivity contribution >= 4 is 0 Å². The number of rotatable bonds is 3. The minimum absolute atomic E-state index is 0.606. The SMILES string of the molecule is CC(C)NC1CCCN(C2CCOC2)C1. The Morgan fingerprint density at radius 3 is 2.87 bits per heavy atom. The number of piperidine rings is 1. The van der Waals surface area contributed by atoms with E-state index in [0.29, 0.717) is 18.1 Å². The van der Waals surface area contributed by atoms with Crippen molar-refractivity contribution < 1.29 is 4.74 Å². The fourth-order valence-corrected chi connectivity index (χ4v) is 2.76. The Morgan fingerprint density at radius 1 is 1.33 bits per heavy atom. The van der Waals surface area contributed by atoms with Crippen LogP contribution < -0.4 is 5.32 Å². The number of nitrogens with zero attached hydrogens (tertiary/aromatic N) is 1. The average molecular weight is 212 g/mol. The Kier molecular flexibility index (Phi) is 4.00. The van der Waals surface area contributed by atoms with E-state index in [-0.39, 0.29) is 0 Å². The van der Waals surface area contributed by atoms with E-state index in [9.17, 15) is 0 Å². The quantitative estimate of drug-likeness (QED) is 0.762. The van der Waals surface area contributed by atoms with Crippen LogP contribution in [0.2, 0.25) is 0 Å². The highest BCUT2D eigenvalue weighted by molar-refractivity contribution is 4.85. The highest BCUT2D eigenvalue weighted by atomic mass is 16.5. The Labute approximate surface area is 93.2 Å². The van der Waals surface area contributed by atoms with E-state index < -0.39 is 0 Å². The third kappa shape index (κ3) is 3.16. The molecule has 2 aliphatic heterocycles. The van der Waals surface area contributed by atoms with Crippen molar-refractivity contribution in [2.75, 3.05) is 26.3 Å². The monoisotopic (exact) mass is 212 g/mol. The van der Waals surface area contributed by atoms with Gasteiger partial charge in [-0.15, -0.1) is 0 Å². The van der Waals surface area contributed by atoms with E-state index in [1.807, 2.05) is 0 Å². The molecular weight excluding hydrogens is 188 g/mol. The second-order valence-electron chi connectivity index (χ2n) is 5.17. The molecule has 2 unspecified atom stereocenters. The van der Waals surface area contributed by atoms with Gasteiger partial charge in [0.05, 0.1) is 6.61 Å². The maximum atomic E-state index is 5.46. The van der Waals surface area contributed by atoms with Gasteiger partial charge in [-0.05, 0) is 25.8 Å². The van der Waals surface area contributed by atoms with E-state index in [0.717, 1.165) is 13.2 Å². The summed E-state index contributed by atoms with van der Waals surface area (Å²) >= 11 is 0. The van der Waals surface area contributed by atoms with Crippen LogP contribution in [0.1, 0.15) is 33.1 Å². The van der Waals surface area contributed by atoms with Crippen molar-refractivity contribution in [2.45, 2.75) is 51.2 Å². The molecule has 88 valence electrons. The Morgan fingerprint density at radius 2 is 2.20 bits per heavy atom. The summed E-state index contributed by atoms with van der Waals surface area (Å²) in [6.45, 7) is 8.86. The van der Waals surface area contributed by atoms with Gasteiger partial charge in [0.25, 0.3) is 0 Å². The van der Waals surface area contributed by atoms with E-state index in [1.54, 1.807) is 0 Å². The maximum Gasteiger partial charge on any atom is 0.0622 e. The minimum atomic E-state index is 0.606. The predicted octanol–water partition coefficient (Wildman–Crippen LogP) is 1.24. The Balaban J connectivity index is 1.80. The van der Waals surface area contributed by atoms with Gasteiger partial charge in [0.2, 0.25) is 0 Å². The molecule has 0 aromatic heterocycles. The molecule has 2 atom stereocenters. The summed E-state index contributed by atoms with van der Waals surface area (Å²) in [7, 11) is 0. The summed E-state index contributed by atoms with van der Waals surface area (Å²) in [6, 6.07) is 2.00. The average Bonchev–Trinajstić information content (AvgIpc) is 2.69. The first-order valence-corrected chi connectivity index (χ1v) is 6.33. The van der Waals surface area contributed by atoms with E-state index >= 15 is 0 Å². The fourth-order valence-electron chi connectivity index (χ4n) is 2.76. The molecule has 0 bridgehead atoms. The topological polar surface area (TPSA) is 24.5 Å². The largest absolute Gasteiger partial charge is 0.380 e. The molecule has 3 heteroatoms. The second-order valence-corrected chi connectivity index (χ2v) is 5.17. The summed E-state index contributed by atoms with van der Waals surface area (Å²) < 4.78 is 5.46. The zero-order valence-electron chi connectivity index (χ0n) is 10.0. The lowest BCUT2D eigenvalue weighted by Crippen LogP contribution is -2.51. The maximum absolute atomic E-state index is 5.46. The zero-order valence-corrected chi connectivity index (χ0v) is 10.0. The van der Waals surface area contributed by atoms with Gasteiger partial charge in [-0.25, -0.2) is 0 Å². The van der Waals surface area contributed by atoms with Crippen molar-refractivity contribution in [1.82, 2.24) is 10.2 Å². The molecule has 1 N–H and O–H groups in total. The van der Waals surface area contributed by atoms with Crippen LogP contribution in [-0.2, 0) is 4.74 Å². The van der Waals surface area contributed by atoms with Gasteiger partial charge in [0, 0.05) is 31.3 Å². The minimum Gasteiger partial charge on any atom is -0.380 e. The molecule has 0 spiro atoms. The van der Waals surface area contributed by atoms with Crippen molar-refractivity contribution in [3.05, 3.63) is 0 Å². The van der Waals surface area contributed by atoms with Crippen LogP contribution >= 0.6 is 0 Å². The van der Waals surface area contributed by atoms with Crippen LogP contribution in [0, 0.1) is 0 Å². The third-order valence-corrected chi connectivity index (χ3v) is 3.44. The molecule has 0 aromatic carbocycles. The molecule has 0 amide bonds. The lowest BCUT2D eigenvalue weighted by atomic mass is 10.0. The number of hydrogen-bond donors (Lipinski definition) is 1. The van der Waals surface area contributed by atoms with Crippen molar-refractivity contribution in [3.63, 3.8) is 0 Å². The lowest BCUT2D eigenvalue weighted by Gasteiger charge is -2.37. The van der Waals surface area contributed by atoms with Crippen molar-refractivity contribution in [1.29, 1.82) is 0 Å². The molecule has 2 aliphatic rings. The van der Waals surface area contributed by atoms with Gasteiger partial charge in [-0.1, -0.05) is 13.8 Å². The molecule has 0 radical (unpaired) electrons. The highest BCUT2D eigenvalue weighted by Crippen LogP contribution is 2.18. The van der Waals surface area contributed by atoms with Crippen molar-refractivity contribution in [3.8, 4) is 0 Å². The highest BCUT2D eigenvalue weighted by Gasteiger charge is 2.28. The zero-order chi connectivity index (χ0) is 10.7. The molecular formula is C12H24N2O. The molecule has 0 aromatic rings. The first-order valence-electron chi connectivity index (χ1n) is 6.33. The molecule has 3 nitrogen and oxygen atoms in total. The van der Waals surface area contributed by atoms with Crippen LogP contribution in [-0.4, -0.2) is 49.3 Å². The smallest absolute Gasteiger partial charge is 0.0622 e. The summed E-state index contributed by atoms with van der Waals surface area (Å²) in [5.74, 6) is 0. The van der Waals surface area contributed by atoms with Crippen LogP contribution in [0.3, 0.4) is 0 Å². The van der Waals surface area contributed by atoms with Crippen LogP contribution in [0.4, 0.5) is 0 Å². The number of likely N-dealkylation sites (tertiary alicyclic amines) is 1. The van der Waals surface area contributed by atoms with Crippen LogP contribution in [0.25, 0.3) is 0 Å². The van der Waals surface area contributed by atoms with Gasteiger partial charge in [-0.2, -0.15) is 0 Å². The van der Waals surface area contributed by atoms with E-state index in [1.165, 1.54) is 32.4 Å². The molecule has 15 heavy (non-hydrogen) atoms. The van der Waals surface area contributed by atoms with Gasteiger partial charge < -0.3 is 10.1 Å². The predicted molar refractivity (Wildman–Crippen MR) is 62.1 cm³/mol. The third-order valence-electron chi connectivity index (χ3n) is 3.44. The number of ether oxygens (including phenoxy) is 1. The van der Waals surface area contributed by atoms with Gasteiger partial charge >= 0.3 is 0 Å². The fraction of sp³-hybridized carbons (Fsp3) is 1.00. The second kappa shape index (κ2) is 5.28. The summed E-state index contributed by atoms with van der Waals surface area (Å²) in [6.07, 6.45) is 3.90.